The van der Waals surface area contributed by atoms with E-state index in [-0.39, 0.29) is 24.0 Å². The second kappa shape index (κ2) is 6.99. The van der Waals surface area contributed by atoms with E-state index in [0.29, 0.717) is 6.61 Å². The Hall–Kier alpha value is -1.20. The van der Waals surface area contributed by atoms with Crippen LogP contribution in [-0.4, -0.2) is 31.4 Å². The lowest BCUT2D eigenvalue weighted by Gasteiger charge is -2.44. The van der Waals surface area contributed by atoms with Gasteiger partial charge in [-0.3, -0.25) is 0 Å². The first-order chi connectivity index (χ1) is 9.67. The molecule has 0 aliphatic heterocycles. The summed E-state index contributed by atoms with van der Waals surface area (Å²) in [5.74, 6) is -1.88. The first-order valence-corrected chi connectivity index (χ1v) is 7.13. The van der Waals surface area contributed by atoms with Crippen LogP contribution in [0.3, 0.4) is 0 Å². The number of hydrogen-bond donors (Lipinski definition) is 1. The van der Waals surface area contributed by atoms with E-state index in [9.17, 15) is 8.78 Å². The third kappa shape index (κ3) is 3.27. The second-order valence-corrected chi connectivity index (χ2v) is 4.94. The highest BCUT2D eigenvalue weighted by atomic mass is 19.2. The van der Waals surface area contributed by atoms with Crippen molar-refractivity contribution in [3.63, 3.8) is 0 Å². The fraction of sp³-hybridized carbons (Fsp3) is 0.600. The molecule has 2 rings (SSSR count). The zero-order valence-corrected chi connectivity index (χ0v) is 11.9. The monoisotopic (exact) mass is 285 g/mol. The minimum Gasteiger partial charge on any atom is -0.484 e. The van der Waals surface area contributed by atoms with Crippen LogP contribution in [-0.2, 0) is 4.74 Å². The molecule has 1 aromatic carbocycles. The van der Waals surface area contributed by atoms with Crippen LogP contribution in [0.25, 0.3) is 0 Å². The van der Waals surface area contributed by atoms with E-state index in [4.69, 9.17) is 9.47 Å². The lowest BCUT2D eigenvalue weighted by Crippen LogP contribution is -2.61. The van der Waals surface area contributed by atoms with E-state index in [1.165, 1.54) is 12.1 Å². The zero-order chi connectivity index (χ0) is 14.5. The first-order valence-electron chi connectivity index (χ1n) is 7.13. The lowest BCUT2D eigenvalue weighted by molar-refractivity contribution is -0.108. The maximum absolute atomic E-state index is 13.6. The van der Waals surface area contributed by atoms with Crippen LogP contribution in [0, 0.1) is 11.6 Å². The van der Waals surface area contributed by atoms with Gasteiger partial charge in [-0.2, -0.15) is 4.39 Å². The molecule has 1 saturated carbocycles. The van der Waals surface area contributed by atoms with Crippen LogP contribution in [0.2, 0.25) is 0 Å². The van der Waals surface area contributed by atoms with Crippen molar-refractivity contribution < 1.29 is 18.3 Å². The molecule has 0 spiro atoms. The summed E-state index contributed by atoms with van der Waals surface area (Å²) in [5.41, 5.74) is 0. The van der Waals surface area contributed by atoms with Crippen LogP contribution in [0.4, 0.5) is 8.78 Å². The molecule has 0 aromatic heterocycles. The highest BCUT2D eigenvalue weighted by Gasteiger charge is 2.43. The van der Waals surface area contributed by atoms with Crippen LogP contribution < -0.4 is 10.1 Å². The Labute approximate surface area is 118 Å². The van der Waals surface area contributed by atoms with Crippen LogP contribution in [0.5, 0.6) is 5.75 Å². The molecule has 1 aliphatic rings. The van der Waals surface area contributed by atoms with Crippen LogP contribution in [0.1, 0.15) is 26.7 Å². The van der Waals surface area contributed by atoms with Gasteiger partial charge in [-0.05, 0) is 25.1 Å². The molecule has 0 bridgehead atoms. The van der Waals surface area contributed by atoms with Crippen molar-refractivity contribution in [3.05, 3.63) is 29.8 Å². The lowest BCUT2D eigenvalue weighted by atomic mass is 9.85. The van der Waals surface area contributed by atoms with Gasteiger partial charge in [0.2, 0.25) is 5.82 Å². The van der Waals surface area contributed by atoms with Gasteiger partial charge in [-0.25, -0.2) is 4.39 Å². The molecule has 1 aliphatic carbocycles. The van der Waals surface area contributed by atoms with Gasteiger partial charge in [0, 0.05) is 19.1 Å². The van der Waals surface area contributed by atoms with E-state index in [0.717, 1.165) is 25.5 Å². The van der Waals surface area contributed by atoms with Gasteiger partial charge in [-0.15, -0.1) is 0 Å². The summed E-state index contributed by atoms with van der Waals surface area (Å²) in [4.78, 5) is 0. The molecular weight excluding hydrogens is 264 g/mol. The largest absolute Gasteiger partial charge is 0.484 e. The highest BCUT2D eigenvalue weighted by Crippen LogP contribution is 2.31. The first kappa shape index (κ1) is 15.2. The Kier molecular flexibility index (Phi) is 5.31. The molecule has 0 radical (unpaired) electrons. The molecule has 0 saturated heterocycles. The quantitative estimate of drug-likeness (QED) is 0.835. The van der Waals surface area contributed by atoms with Crippen molar-refractivity contribution in [3.8, 4) is 5.75 Å². The van der Waals surface area contributed by atoms with Crippen LogP contribution >= 0.6 is 0 Å². The minimum absolute atomic E-state index is 0.0463. The second-order valence-electron chi connectivity index (χ2n) is 4.94. The Bertz CT molecular complexity index is 442. The molecule has 3 atom stereocenters. The van der Waals surface area contributed by atoms with E-state index in [1.807, 2.05) is 13.8 Å². The third-order valence-corrected chi connectivity index (χ3v) is 3.42. The SMILES string of the molecule is CCCOC1C(NCC)CC1Oc1cccc(F)c1F. The molecule has 0 heterocycles. The molecule has 1 N–H and O–H groups in total. The average Bonchev–Trinajstić information content (AvgIpc) is 2.42. The number of nitrogens with one attached hydrogen (secondary N) is 1. The molecule has 1 fully saturated rings. The molecular formula is C15H21F2NO2. The molecule has 0 amide bonds. The van der Waals surface area contributed by atoms with Gasteiger partial charge in [0.15, 0.2) is 11.6 Å². The van der Waals surface area contributed by atoms with Crippen molar-refractivity contribution in [1.82, 2.24) is 5.32 Å². The fourth-order valence-electron chi connectivity index (χ4n) is 2.37. The molecule has 1 aromatic rings. The number of likely N-dealkylation sites (N-methyl/N-ethyl adjacent to an activating group) is 1. The molecule has 3 nitrogen and oxygen atoms in total. The Morgan fingerprint density at radius 3 is 2.80 bits per heavy atom. The predicted octanol–water partition coefficient (Wildman–Crippen LogP) is 2.89. The van der Waals surface area contributed by atoms with Gasteiger partial charge >= 0.3 is 0 Å². The van der Waals surface area contributed by atoms with Crippen LogP contribution in [0.15, 0.2) is 18.2 Å². The van der Waals surface area contributed by atoms with Crippen molar-refractivity contribution in [1.29, 1.82) is 0 Å². The van der Waals surface area contributed by atoms with Crippen molar-refractivity contribution in [2.45, 2.75) is 44.9 Å². The van der Waals surface area contributed by atoms with Crippen molar-refractivity contribution in [2.24, 2.45) is 0 Å². The minimum atomic E-state index is -0.936. The van der Waals surface area contributed by atoms with E-state index in [2.05, 4.69) is 5.32 Å². The van der Waals surface area contributed by atoms with Gasteiger partial charge in [-0.1, -0.05) is 19.9 Å². The van der Waals surface area contributed by atoms with Crippen molar-refractivity contribution in [2.75, 3.05) is 13.2 Å². The van der Waals surface area contributed by atoms with Gasteiger partial charge in [0.1, 0.15) is 12.2 Å². The van der Waals surface area contributed by atoms with E-state index < -0.39 is 11.6 Å². The maximum Gasteiger partial charge on any atom is 0.200 e. The standard InChI is InChI=1S/C15H21F2NO2/c1-3-8-19-15-11(18-4-2)9-13(15)20-12-7-5-6-10(16)14(12)17/h5-7,11,13,15,18H,3-4,8-9H2,1-2H3. The summed E-state index contributed by atoms with van der Waals surface area (Å²) in [7, 11) is 0. The number of hydrogen-bond acceptors (Lipinski definition) is 3. The summed E-state index contributed by atoms with van der Waals surface area (Å²) < 4.78 is 38.1. The summed E-state index contributed by atoms with van der Waals surface area (Å²) in [6, 6.07) is 4.18. The Morgan fingerprint density at radius 1 is 1.30 bits per heavy atom. The molecule has 112 valence electrons. The Morgan fingerprint density at radius 2 is 2.10 bits per heavy atom. The molecule has 20 heavy (non-hydrogen) atoms. The number of halogens is 2. The normalized spacial score (nSPS) is 25.3. The maximum atomic E-state index is 13.6. The zero-order valence-electron chi connectivity index (χ0n) is 11.9. The fourth-order valence-corrected chi connectivity index (χ4v) is 2.37. The summed E-state index contributed by atoms with van der Waals surface area (Å²) in [5, 5.41) is 3.31. The van der Waals surface area contributed by atoms with E-state index in [1.54, 1.807) is 0 Å². The molecule has 5 heteroatoms. The third-order valence-electron chi connectivity index (χ3n) is 3.42. The smallest absolute Gasteiger partial charge is 0.200 e. The number of rotatable bonds is 7. The molecule has 3 unspecified atom stereocenters. The van der Waals surface area contributed by atoms with E-state index >= 15 is 0 Å². The topological polar surface area (TPSA) is 30.5 Å². The number of benzene rings is 1. The summed E-state index contributed by atoms with van der Waals surface area (Å²) >= 11 is 0. The van der Waals surface area contributed by atoms with Gasteiger partial charge in [0.25, 0.3) is 0 Å². The van der Waals surface area contributed by atoms with Crippen molar-refractivity contribution >= 4 is 0 Å². The van der Waals surface area contributed by atoms with Gasteiger partial charge < -0.3 is 14.8 Å². The van der Waals surface area contributed by atoms with Gasteiger partial charge in [0.05, 0.1) is 0 Å². The summed E-state index contributed by atoms with van der Waals surface area (Å²) in [6.07, 6.45) is 1.30. The highest BCUT2D eigenvalue weighted by molar-refractivity contribution is 5.26. The predicted molar refractivity (Wildman–Crippen MR) is 72.9 cm³/mol. The number of ether oxygens (including phenoxy) is 2. The summed E-state index contributed by atoms with van der Waals surface area (Å²) in [6.45, 7) is 5.54. The average molecular weight is 285 g/mol. The Balaban J connectivity index is 1.99.